The number of ether oxygens (including phenoxy) is 2. The van der Waals surface area contributed by atoms with E-state index in [9.17, 15) is 9.59 Å². The molecule has 3 aromatic rings. The van der Waals surface area contributed by atoms with Crippen LogP contribution >= 0.6 is 23.2 Å². The Balaban J connectivity index is 1.63. The standard InChI is InChI=1S/C18H14Cl2N2O4/c1-11-3-2-6-22-16(23)8-13(21-18(11)22)9-26-17(24)10-25-15-5-4-12(19)7-14(15)20/h2-8H,9-10H2,1H3. The molecule has 1 aromatic carbocycles. The largest absolute Gasteiger partial charge is 0.480 e. The summed E-state index contributed by atoms with van der Waals surface area (Å²) in [6.45, 7) is 1.39. The van der Waals surface area contributed by atoms with Crippen LogP contribution in [0.3, 0.4) is 0 Å². The first-order chi connectivity index (χ1) is 12.4. The van der Waals surface area contributed by atoms with Crippen molar-refractivity contribution in [2.45, 2.75) is 13.5 Å². The summed E-state index contributed by atoms with van der Waals surface area (Å²) in [5.41, 5.74) is 1.49. The van der Waals surface area contributed by atoms with E-state index in [2.05, 4.69) is 4.98 Å². The molecule has 8 heteroatoms. The molecule has 0 spiro atoms. The summed E-state index contributed by atoms with van der Waals surface area (Å²) in [7, 11) is 0. The van der Waals surface area contributed by atoms with E-state index in [0.29, 0.717) is 27.1 Å². The van der Waals surface area contributed by atoms with Gasteiger partial charge in [-0.15, -0.1) is 0 Å². The smallest absolute Gasteiger partial charge is 0.344 e. The van der Waals surface area contributed by atoms with Gasteiger partial charge in [0.1, 0.15) is 18.0 Å². The van der Waals surface area contributed by atoms with Gasteiger partial charge in [-0.05, 0) is 36.8 Å². The third kappa shape index (κ3) is 4.15. The minimum Gasteiger partial charge on any atom is -0.480 e. The van der Waals surface area contributed by atoms with Gasteiger partial charge in [0.05, 0.1) is 10.7 Å². The van der Waals surface area contributed by atoms with Crippen molar-refractivity contribution >= 4 is 34.8 Å². The number of benzene rings is 1. The molecule has 134 valence electrons. The van der Waals surface area contributed by atoms with Crippen LogP contribution in [0, 0.1) is 6.92 Å². The maximum atomic E-state index is 12.1. The molecule has 0 aliphatic heterocycles. The molecule has 0 fully saturated rings. The summed E-state index contributed by atoms with van der Waals surface area (Å²) >= 11 is 11.8. The van der Waals surface area contributed by atoms with Gasteiger partial charge in [-0.25, -0.2) is 9.78 Å². The fourth-order valence-corrected chi connectivity index (χ4v) is 2.77. The topological polar surface area (TPSA) is 69.9 Å². The molecule has 0 radical (unpaired) electrons. The molecular weight excluding hydrogens is 379 g/mol. The van der Waals surface area contributed by atoms with Crippen molar-refractivity contribution in [3.63, 3.8) is 0 Å². The number of rotatable bonds is 5. The first-order valence-corrected chi connectivity index (χ1v) is 8.41. The van der Waals surface area contributed by atoms with E-state index in [1.165, 1.54) is 16.5 Å². The molecule has 2 heterocycles. The summed E-state index contributed by atoms with van der Waals surface area (Å²) in [5.74, 6) is -0.284. The van der Waals surface area contributed by atoms with Crippen LogP contribution in [0.25, 0.3) is 5.65 Å². The van der Waals surface area contributed by atoms with Crippen molar-refractivity contribution in [1.29, 1.82) is 0 Å². The Kier molecular flexibility index (Phi) is 5.44. The minimum absolute atomic E-state index is 0.128. The SMILES string of the molecule is Cc1cccn2c(=O)cc(COC(=O)COc3ccc(Cl)cc3Cl)nc12. The molecule has 2 aromatic heterocycles. The maximum absolute atomic E-state index is 12.1. The Morgan fingerprint density at radius 2 is 2.04 bits per heavy atom. The number of hydrogen-bond donors (Lipinski definition) is 0. The number of carbonyl (C=O) groups is 1. The molecule has 0 aliphatic carbocycles. The van der Waals surface area contributed by atoms with E-state index in [1.807, 2.05) is 13.0 Å². The van der Waals surface area contributed by atoms with Crippen LogP contribution in [0.15, 0.2) is 47.4 Å². The number of halogens is 2. The molecule has 26 heavy (non-hydrogen) atoms. The van der Waals surface area contributed by atoms with Gasteiger partial charge in [0, 0.05) is 17.3 Å². The van der Waals surface area contributed by atoms with Crippen LogP contribution in [0.2, 0.25) is 10.0 Å². The van der Waals surface area contributed by atoms with Crippen LogP contribution in [0.4, 0.5) is 0 Å². The number of aromatic nitrogens is 2. The number of esters is 1. The summed E-state index contributed by atoms with van der Waals surface area (Å²) in [6, 6.07) is 9.62. The number of fused-ring (bicyclic) bond motifs is 1. The second-order valence-corrected chi connectivity index (χ2v) is 6.34. The Bertz CT molecular complexity index is 1030. The highest BCUT2D eigenvalue weighted by Crippen LogP contribution is 2.27. The summed E-state index contributed by atoms with van der Waals surface area (Å²) in [6.07, 6.45) is 1.64. The average molecular weight is 393 g/mol. The summed E-state index contributed by atoms with van der Waals surface area (Å²) in [4.78, 5) is 28.3. The van der Waals surface area contributed by atoms with Gasteiger partial charge in [-0.2, -0.15) is 0 Å². The first-order valence-electron chi connectivity index (χ1n) is 7.65. The van der Waals surface area contributed by atoms with Crippen molar-refractivity contribution in [2.24, 2.45) is 0 Å². The van der Waals surface area contributed by atoms with E-state index < -0.39 is 5.97 Å². The van der Waals surface area contributed by atoms with Gasteiger partial charge in [0.2, 0.25) is 0 Å². The Morgan fingerprint density at radius 3 is 2.81 bits per heavy atom. The monoisotopic (exact) mass is 392 g/mol. The maximum Gasteiger partial charge on any atom is 0.344 e. The first kappa shape index (κ1) is 18.2. The van der Waals surface area contributed by atoms with Crippen molar-refractivity contribution in [2.75, 3.05) is 6.61 Å². The highest BCUT2D eigenvalue weighted by Gasteiger charge is 2.10. The van der Waals surface area contributed by atoms with Gasteiger partial charge in [-0.3, -0.25) is 9.20 Å². The number of carbonyl (C=O) groups excluding carboxylic acids is 1. The number of hydrogen-bond acceptors (Lipinski definition) is 5. The molecule has 0 aliphatic rings. The zero-order chi connectivity index (χ0) is 18.7. The van der Waals surface area contributed by atoms with Gasteiger partial charge in [0.25, 0.3) is 5.56 Å². The van der Waals surface area contributed by atoms with E-state index in [-0.39, 0.29) is 18.8 Å². The minimum atomic E-state index is -0.609. The highest BCUT2D eigenvalue weighted by atomic mass is 35.5. The van der Waals surface area contributed by atoms with Crippen molar-refractivity contribution in [3.05, 3.63) is 74.3 Å². The van der Waals surface area contributed by atoms with Gasteiger partial charge >= 0.3 is 5.97 Å². The molecule has 0 saturated carbocycles. The number of aryl methyl sites for hydroxylation is 1. The lowest BCUT2D eigenvalue weighted by molar-refractivity contribution is -0.147. The van der Waals surface area contributed by atoms with E-state index in [1.54, 1.807) is 24.4 Å². The second-order valence-electron chi connectivity index (χ2n) is 5.49. The molecule has 0 amide bonds. The Hall–Kier alpha value is -2.57. The lowest BCUT2D eigenvalue weighted by Gasteiger charge is -2.09. The zero-order valence-corrected chi connectivity index (χ0v) is 15.3. The molecule has 0 saturated heterocycles. The quantitative estimate of drug-likeness (QED) is 0.622. The average Bonchev–Trinajstić information content (AvgIpc) is 2.60. The van der Waals surface area contributed by atoms with Crippen molar-refractivity contribution in [1.82, 2.24) is 9.38 Å². The predicted octanol–water partition coefficient (Wildman–Crippen LogP) is 3.43. The van der Waals surface area contributed by atoms with Crippen LogP contribution in [0.5, 0.6) is 5.75 Å². The molecule has 0 bridgehead atoms. The van der Waals surface area contributed by atoms with Crippen LogP contribution in [-0.2, 0) is 16.1 Å². The number of pyridine rings is 1. The third-order valence-corrected chi connectivity index (χ3v) is 4.09. The van der Waals surface area contributed by atoms with Crippen molar-refractivity contribution in [3.8, 4) is 5.75 Å². The fourth-order valence-electron chi connectivity index (χ4n) is 2.31. The lowest BCUT2D eigenvalue weighted by Crippen LogP contribution is -2.19. The third-order valence-electron chi connectivity index (χ3n) is 3.56. The Morgan fingerprint density at radius 1 is 1.23 bits per heavy atom. The van der Waals surface area contributed by atoms with E-state index in [0.717, 1.165) is 5.56 Å². The van der Waals surface area contributed by atoms with Gasteiger partial charge in [0.15, 0.2) is 6.61 Å². The van der Waals surface area contributed by atoms with E-state index in [4.69, 9.17) is 32.7 Å². The number of nitrogens with zero attached hydrogens (tertiary/aromatic N) is 2. The molecule has 0 unspecified atom stereocenters. The molecule has 0 N–H and O–H groups in total. The van der Waals surface area contributed by atoms with Crippen molar-refractivity contribution < 1.29 is 14.3 Å². The van der Waals surface area contributed by atoms with Crippen LogP contribution in [0.1, 0.15) is 11.3 Å². The molecule has 6 nitrogen and oxygen atoms in total. The van der Waals surface area contributed by atoms with E-state index >= 15 is 0 Å². The summed E-state index contributed by atoms with van der Waals surface area (Å²) < 4.78 is 11.9. The van der Waals surface area contributed by atoms with Crippen LogP contribution < -0.4 is 10.3 Å². The second kappa shape index (κ2) is 7.76. The summed E-state index contributed by atoms with van der Waals surface area (Å²) in [5, 5.41) is 0.763. The molecule has 3 rings (SSSR count). The van der Waals surface area contributed by atoms with Crippen LogP contribution in [-0.4, -0.2) is 22.0 Å². The molecular formula is C18H14Cl2N2O4. The highest BCUT2D eigenvalue weighted by molar-refractivity contribution is 6.35. The Labute approximate surface area is 158 Å². The fraction of sp³-hybridized carbons (Fsp3) is 0.167. The van der Waals surface area contributed by atoms with Gasteiger partial charge in [-0.1, -0.05) is 29.3 Å². The predicted molar refractivity (Wildman–Crippen MR) is 98.0 cm³/mol. The lowest BCUT2D eigenvalue weighted by atomic mass is 10.3. The van der Waals surface area contributed by atoms with Gasteiger partial charge < -0.3 is 9.47 Å². The molecule has 0 atom stereocenters. The normalized spacial score (nSPS) is 10.7. The zero-order valence-electron chi connectivity index (χ0n) is 13.7.